The molecule has 0 radical (unpaired) electrons. The molecule has 112 valence electrons. The predicted octanol–water partition coefficient (Wildman–Crippen LogP) is 1.17. The van der Waals surface area contributed by atoms with E-state index in [1.807, 2.05) is 26.8 Å². The summed E-state index contributed by atoms with van der Waals surface area (Å²) in [6, 6.07) is 1.49. The summed E-state index contributed by atoms with van der Waals surface area (Å²) in [6.07, 6.45) is 1.81. The summed E-state index contributed by atoms with van der Waals surface area (Å²) in [7, 11) is 0. The van der Waals surface area contributed by atoms with E-state index in [4.69, 9.17) is 5.73 Å². The van der Waals surface area contributed by atoms with Crippen molar-refractivity contribution in [3.8, 4) is 0 Å². The molecule has 1 heterocycles. The van der Waals surface area contributed by atoms with Crippen molar-refractivity contribution in [1.82, 2.24) is 14.7 Å². The van der Waals surface area contributed by atoms with Crippen molar-refractivity contribution in [2.24, 2.45) is 5.73 Å². The van der Waals surface area contributed by atoms with E-state index in [1.54, 1.807) is 11.6 Å². The van der Waals surface area contributed by atoms with E-state index < -0.39 is 11.9 Å². The third kappa shape index (κ3) is 4.08. The molecule has 1 aromatic heterocycles. The van der Waals surface area contributed by atoms with Gasteiger partial charge >= 0.3 is 0 Å². The minimum atomic E-state index is -0.491. The van der Waals surface area contributed by atoms with Crippen LogP contribution in [0.2, 0.25) is 0 Å². The van der Waals surface area contributed by atoms with E-state index in [0.29, 0.717) is 6.54 Å². The lowest BCUT2D eigenvalue weighted by Crippen LogP contribution is -2.42. The number of aromatic nitrogens is 2. The lowest BCUT2D eigenvalue weighted by Gasteiger charge is -2.25. The first-order valence-corrected chi connectivity index (χ1v) is 6.96. The van der Waals surface area contributed by atoms with Crippen LogP contribution in [0.1, 0.15) is 44.1 Å². The van der Waals surface area contributed by atoms with Gasteiger partial charge in [0.25, 0.3) is 0 Å². The first-order chi connectivity index (χ1) is 9.36. The van der Waals surface area contributed by atoms with Gasteiger partial charge in [0.15, 0.2) is 0 Å². The zero-order valence-electron chi connectivity index (χ0n) is 12.7. The minimum Gasteiger partial charge on any atom is -0.368 e. The second kappa shape index (κ2) is 7.07. The molecule has 1 rings (SSSR count). The van der Waals surface area contributed by atoms with Gasteiger partial charge in [0, 0.05) is 12.2 Å². The first-order valence-electron chi connectivity index (χ1n) is 6.96. The summed E-state index contributed by atoms with van der Waals surface area (Å²) in [4.78, 5) is 25.1. The zero-order chi connectivity index (χ0) is 15.3. The van der Waals surface area contributed by atoms with Gasteiger partial charge in [0.1, 0.15) is 6.04 Å². The number of unbranched alkanes of at least 4 members (excludes halogenated alkanes) is 1. The summed E-state index contributed by atoms with van der Waals surface area (Å²) in [5.74, 6) is -0.613. The number of nitrogens with zero attached hydrogens (tertiary/aromatic N) is 3. The average molecular weight is 280 g/mol. The Labute approximate surface area is 119 Å². The standard InChI is InChI=1S/C14H24N4O2/c1-5-6-7-17(9-13(15)19)14(20)12(4)18-11(3)8-10(2)16-18/h8,12H,5-7,9H2,1-4H3,(H2,15,19)/t12-/m1/s1. The van der Waals surface area contributed by atoms with Crippen LogP contribution in [0.15, 0.2) is 6.07 Å². The summed E-state index contributed by atoms with van der Waals surface area (Å²) in [6.45, 7) is 8.14. The van der Waals surface area contributed by atoms with Gasteiger partial charge in [-0.2, -0.15) is 5.10 Å². The van der Waals surface area contributed by atoms with E-state index in [1.165, 1.54) is 4.90 Å². The van der Waals surface area contributed by atoms with Gasteiger partial charge in [-0.05, 0) is 33.3 Å². The van der Waals surface area contributed by atoms with E-state index in [9.17, 15) is 9.59 Å². The normalized spacial score (nSPS) is 12.2. The molecule has 0 aliphatic carbocycles. The van der Waals surface area contributed by atoms with Gasteiger partial charge in [-0.3, -0.25) is 14.3 Å². The number of amides is 2. The Hall–Kier alpha value is -1.85. The summed E-state index contributed by atoms with van der Waals surface area (Å²) >= 11 is 0. The highest BCUT2D eigenvalue weighted by Gasteiger charge is 2.24. The maximum Gasteiger partial charge on any atom is 0.247 e. The largest absolute Gasteiger partial charge is 0.368 e. The van der Waals surface area contributed by atoms with Crippen molar-refractivity contribution in [2.45, 2.75) is 46.6 Å². The van der Waals surface area contributed by atoms with Crippen molar-refractivity contribution in [1.29, 1.82) is 0 Å². The Balaban J connectivity index is 2.87. The third-order valence-electron chi connectivity index (χ3n) is 3.21. The molecule has 2 amide bonds. The number of aryl methyl sites for hydroxylation is 2. The monoisotopic (exact) mass is 280 g/mol. The van der Waals surface area contributed by atoms with E-state index in [-0.39, 0.29) is 12.5 Å². The Kier molecular flexibility index (Phi) is 5.73. The predicted molar refractivity (Wildman–Crippen MR) is 77.1 cm³/mol. The summed E-state index contributed by atoms with van der Waals surface area (Å²) in [5, 5.41) is 4.33. The number of carbonyl (C=O) groups excluding carboxylic acids is 2. The molecule has 0 unspecified atom stereocenters. The fraction of sp³-hybridized carbons (Fsp3) is 0.643. The molecule has 0 aliphatic rings. The molecule has 1 atom stereocenters. The fourth-order valence-corrected chi connectivity index (χ4v) is 2.21. The lowest BCUT2D eigenvalue weighted by molar-refractivity contribution is -0.138. The van der Waals surface area contributed by atoms with Gasteiger partial charge < -0.3 is 10.6 Å². The van der Waals surface area contributed by atoms with E-state index in [0.717, 1.165) is 24.2 Å². The maximum absolute atomic E-state index is 12.5. The van der Waals surface area contributed by atoms with Crippen molar-refractivity contribution >= 4 is 11.8 Å². The second-order valence-electron chi connectivity index (χ2n) is 5.13. The highest BCUT2D eigenvalue weighted by Crippen LogP contribution is 2.14. The molecule has 0 bridgehead atoms. The topological polar surface area (TPSA) is 81.2 Å². The SMILES string of the molecule is CCCCN(CC(N)=O)C(=O)[C@@H](C)n1nc(C)cc1C. The van der Waals surface area contributed by atoms with Gasteiger partial charge in [-0.1, -0.05) is 13.3 Å². The van der Waals surface area contributed by atoms with Crippen molar-refractivity contribution in [3.05, 3.63) is 17.5 Å². The number of hydrogen-bond acceptors (Lipinski definition) is 3. The Morgan fingerprint density at radius 2 is 2.10 bits per heavy atom. The summed E-state index contributed by atoms with van der Waals surface area (Å²) in [5.41, 5.74) is 7.02. The first kappa shape index (κ1) is 16.2. The van der Waals surface area contributed by atoms with Crippen molar-refractivity contribution in [3.63, 3.8) is 0 Å². The summed E-state index contributed by atoms with van der Waals surface area (Å²) < 4.78 is 1.69. The van der Waals surface area contributed by atoms with Crippen molar-refractivity contribution < 1.29 is 9.59 Å². The van der Waals surface area contributed by atoms with Crippen LogP contribution in [0.4, 0.5) is 0 Å². The van der Waals surface area contributed by atoms with Crippen LogP contribution in [-0.4, -0.2) is 39.6 Å². The molecular formula is C14H24N4O2. The molecule has 0 saturated carbocycles. The van der Waals surface area contributed by atoms with Crippen LogP contribution >= 0.6 is 0 Å². The van der Waals surface area contributed by atoms with Gasteiger partial charge in [0.2, 0.25) is 11.8 Å². The van der Waals surface area contributed by atoms with Crippen LogP contribution in [0.3, 0.4) is 0 Å². The molecule has 0 aliphatic heterocycles. The average Bonchev–Trinajstić information content (AvgIpc) is 2.71. The Morgan fingerprint density at radius 1 is 1.45 bits per heavy atom. The maximum atomic E-state index is 12.5. The molecule has 2 N–H and O–H groups in total. The van der Waals surface area contributed by atoms with Crippen LogP contribution in [-0.2, 0) is 9.59 Å². The van der Waals surface area contributed by atoms with Gasteiger partial charge in [-0.15, -0.1) is 0 Å². The molecule has 0 spiro atoms. The minimum absolute atomic E-state index is 0.0392. The lowest BCUT2D eigenvalue weighted by atomic mass is 10.2. The highest BCUT2D eigenvalue weighted by molar-refractivity contribution is 5.85. The molecule has 0 aromatic carbocycles. The Morgan fingerprint density at radius 3 is 2.55 bits per heavy atom. The molecule has 6 nitrogen and oxygen atoms in total. The molecule has 1 aromatic rings. The van der Waals surface area contributed by atoms with Gasteiger partial charge in [0.05, 0.1) is 12.2 Å². The van der Waals surface area contributed by atoms with Gasteiger partial charge in [-0.25, -0.2) is 0 Å². The molecular weight excluding hydrogens is 256 g/mol. The van der Waals surface area contributed by atoms with Crippen LogP contribution < -0.4 is 5.73 Å². The second-order valence-corrected chi connectivity index (χ2v) is 5.13. The number of carbonyl (C=O) groups is 2. The quantitative estimate of drug-likeness (QED) is 0.814. The number of primary amides is 1. The van der Waals surface area contributed by atoms with Crippen LogP contribution in [0.5, 0.6) is 0 Å². The number of nitrogens with two attached hydrogens (primary N) is 1. The van der Waals surface area contributed by atoms with Crippen molar-refractivity contribution in [2.75, 3.05) is 13.1 Å². The third-order valence-corrected chi connectivity index (χ3v) is 3.21. The molecule has 0 saturated heterocycles. The zero-order valence-corrected chi connectivity index (χ0v) is 12.7. The van der Waals surface area contributed by atoms with E-state index >= 15 is 0 Å². The molecule has 0 fully saturated rings. The number of hydrogen-bond donors (Lipinski definition) is 1. The van der Waals surface area contributed by atoms with Crippen LogP contribution in [0.25, 0.3) is 0 Å². The molecule has 20 heavy (non-hydrogen) atoms. The Bertz CT molecular complexity index is 482. The highest BCUT2D eigenvalue weighted by atomic mass is 16.2. The molecule has 6 heteroatoms. The fourth-order valence-electron chi connectivity index (χ4n) is 2.21. The van der Waals surface area contributed by atoms with Crippen LogP contribution in [0, 0.1) is 13.8 Å². The van der Waals surface area contributed by atoms with E-state index in [2.05, 4.69) is 5.10 Å². The smallest absolute Gasteiger partial charge is 0.247 e. The number of rotatable bonds is 7.